The molecule has 0 aromatic carbocycles. The number of fused-ring (bicyclic) bond motifs is 3. The molecule has 3 N–H and O–H groups in total. The zero-order valence-electron chi connectivity index (χ0n) is 22.3. The van der Waals surface area contributed by atoms with Gasteiger partial charge in [0.25, 0.3) is 0 Å². The van der Waals surface area contributed by atoms with E-state index < -0.39 is 66.0 Å². The lowest BCUT2D eigenvalue weighted by atomic mass is 9.40. The van der Waals surface area contributed by atoms with E-state index in [1.807, 2.05) is 20.8 Å². The molecule has 8 atom stereocenters. The number of hydrogen-bond acceptors (Lipinski definition) is 6. The van der Waals surface area contributed by atoms with Gasteiger partial charge in [-0.3, -0.25) is 4.79 Å². The van der Waals surface area contributed by atoms with Crippen LogP contribution in [0, 0.1) is 16.7 Å². The van der Waals surface area contributed by atoms with Crippen molar-refractivity contribution in [3.63, 3.8) is 0 Å². The number of carbonyl (C=O) groups excluding carboxylic acids is 1. The maximum Gasteiger partial charge on any atom is 0.192 e. The van der Waals surface area contributed by atoms with Gasteiger partial charge in [0, 0.05) is 17.8 Å². The molecule has 33 heavy (non-hydrogen) atoms. The molecular formula is C26H46O6Si. The Morgan fingerprint density at radius 3 is 2.18 bits per heavy atom. The van der Waals surface area contributed by atoms with Gasteiger partial charge in [-0.2, -0.15) is 0 Å². The van der Waals surface area contributed by atoms with Crippen molar-refractivity contribution in [2.75, 3.05) is 0 Å². The third-order valence-corrected chi connectivity index (χ3v) is 14.5. The molecule has 3 aliphatic rings. The number of ketones is 1. The van der Waals surface area contributed by atoms with Crippen molar-refractivity contribution in [1.82, 2.24) is 0 Å². The lowest BCUT2D eigenvalue weighted by Crippen LogP contribution is -2.86. The molecule has 6 nitrogen and oxygen atoms in total. The number of carbonyl (C=O) groups is 1. The summed E-state index contributed by atoms with van der Waals surface area (Å²) in [6, 6.07) is 0. The fourth-order valence-corrected chi connectivity index (χ4v) is 8.44. The third kappa shape index (κ3) is 3.40. The first-order valence-electron chi connectivity index (χ1n) is 12.3. The summed E-state index contributed by atoms with van der Waals surface area (Å²) in [6.45, 7) is 23.9. The Morgan fingerprint density at radius 1 is 1.15 bits per heavy atom. The lowest BCUT2D eigenvalue weighted by Gasteiger charge is -2.72. The minimum Gasteiger partial charge on any atom is -0.413 e. The molecule has 0 unspecified atom stereocenters. The van der Waals surface area contributed by atoms with E-state index in [0.29, 0.717) is 6.42 Å². The maximum atomic E-state index is 13.9. The van der Waals surface area contributed by atoms with Crippen LogP contribution in [-0.4, -0.2) is 64.5 Å². The molecule has 0 radical (unpaired) electrons. The van der Waals surface area contributed by atoms with Crippen LogP contribution in [0.25, 0.3) is 0 Å². The highest BCUT2D eigenvalue weighted by atomic mass is 28.4. The van der Waals surface area contributed by atoms with Crippen molar-refractivity contribution in [1.29, 1.82) is 0 Å². The highest BCUT2D eigenvalue weighted by Crippen LogP contribution is 2.67. The van der Waals surface area contributed by atoms with Gasteiger partial charge in [-0.15, -0.1) is 6.58 Å². The summed E-state index contributed by atoms with van der Waals surface area (Å²) in [6.07, 6.45) is -0.222. The molecule has 7 heteroatoms. The van der Waals surface area contributed by atoms with E-state index in [9.17, 15) is 20.1 Å². The second-order valence-corrected chi connectivity index (χ2v) is 18.4. The van der Waals surface area contributed by atoms with Gasteiger partial charge < -0.3 is 24.5 Å². The van der Waals surface area contributed by atoms with Gasteiger partial charge in [0.2, 0.25) is 0 Å². The molecule has 1 heterocycles. The smallest absolute Gasteiger partial charge is 0.192 e. The second-order valence-electron chi connectivity index (χ2n) is 13.6. The Morgan fingerprint density at radius 2 is 1.70 bits per heavy atom. The summed E-state index contributed by atoms with van der Waals surface area (Å²) in [5.74, 6) is -0.958. The molecule has 0 bridgehead atoms. The summed E-state index contributed by atoms with van der Waals surface area (Å²) in [7, 11) is -2.30. The monoisotopic (exact) mass is 482 g/mol. The van der Waals surface area contributed by atoms with Crippen LogP contribution in [0.4, 0.5) is 0 Å². The quantitative estimate of drug-likeness (QED) is 0.416. The molecule has 190 valence electrons. The number of aliphatic hydroxyl groups is 3. The number of aliphatic hydroxyl groups excluding tert-OH is 2. The fraction of sp³-hybridized carbons (Fsp3) is 0.885. The Kier molecular flexibility index (Phi) is 6.11. The summed E-state index contributed by atoms with van der Waals surface area (Å²) >= 11 is 0. The van der Waals surface area contributed by atoms with Crippen LogP contribution in [0.3, 0.4) is 0 Å². The minimum absolute atomic E-state index is 0.0546. The molecule has 0 aromatic rings. The van der Waals surface area contributed by atoms with Crippen LogP contribution in [-0.2, 0) is 14.0 Å². The third-order valence-electron chi connectivity index (χ3n) is 9.97. The van der Waals surface area contributed by atoms with E-state index in [0.717, 1.165) is 6.42 Å². The van der Waals surface area contributed by atoms with E-state index in [1.165, 1.54) is 6.08 Å². The second kappa shape index (κ2) is 7.47. The first-order valence-corrected chi connectivity index (χ1v) is 15.2. The van der Waals surface area contributed by atoms with Crippen LogP contribution < -0.4 is 0 Å². The fourth-order valence-electron chi connectivity index (χ4n) is 7.01. The first-order chi connectivity index (χ1) is 14.6. The van der Waals surface area contributed by atoms with Crippen molar-refractivity contribution in [2.45, 2.75) is 128 Å². The minimum atomic E-state index is -2.30. The first kappa shape index (κ1) is 27.0. The number of ether oxygens (including phenoxy) is 1. The normalized spacial score (nSPS) is 48.1. The van der Waals surface area contributed by atoms with Crippen molar-refractivity contribution in [3.05, 3.63) is 12.7 Å². The molecular weight excluding hydrogens is 436 g/mol. The Bertz CT molecular complexity index is 833. The van der Waals surface area contributed by atoms with Gasteiger partial charge in [-0.05, 0) is 50.2 Å². The molecule has 2 saturated carbocycles. The molecule has 3 rings (SSSR count). The molecule has 0 amide bonds. The standard InChI is InChI=1S/C26H46O6Si/c1-12-23(7)15-16(27)26(30)24(8)17(31-33(10,11)21(2,3)4)13-14-22(5,6)19(24)18(28)20(29)25(26,9)32-23/h12,17-20,28-30H,1,13-15H2,2-11H3/t17-,18-,19-,20-,23-,24-,25+,26-/m0/s1. The van der Waals surface area contributed by atoms with Gasteiger partial charge in [0.15, 0.2) is 19.7 Å². The SMILES string of the molecule is C=C[C@@]1(C)CC(=O)[C@]2(O)[C@@]3(C)[C@@H](O[Si](C)(C)C(C)(C)C)CCC(C)(C)[C@@H]3[C@H](O)[C@H](O)[C@@]2(C)O1. The lowest BCUT2D eigenvalue weighted by molar-refractivity contribution is -0.368. The summed E-state index contributed by atoms with van der Waals surface area (Å²) < 4.78 is 13.3. The highest BCUT2D eigenvalue weighted by Gasteiger charge is 2.80. The van der Waals surface area contributed by atoms with Gasteiger partial charge in [-0.1, -0.05) is 47.6 Å². The molecule has 3 fully saturated rings. The summed E-state index contributed by atoms with van der Waals surface area (Å²) in [5.41, 5.74) is -6.42. The van der Waals surface area contributed by atoms with Crippen LogP contribution in [0.5, 0.6) is 0 Å². The molecule has 0 spiro atoms. The van der Waals surface area contributed by atoms with E-state index in [-0.39, 0.29) is 11.5 Å². The van der Waals surface area contributed by atoms with Crippen LogP contribution in [0.2, 0.25) is 18.1 Å². The Balaban J connectivity index is 2.28. The predicted octanol–water partition coefficient (Wildman–Crippen LogP) is 3.98. The van der Waals surface area contributed by atoms with Crippen LogP contribution in [0.15, 0.2) is 12.7 Å². The predicted molar refractivity (Wildman–Crippen MR) is 131 cm³/mol. The Hall–Kier alpha value is -0.573. The largest absolute Gasteiger partial charge is 0.413 e. The average Bonchev–Trinajstić information content (AvgIpc) is 2.65. The molecule has 1 saturated heterocycles. The Labute approximate surface area is 200 Å². The average molecular weight is 483 g/mol. The molecule has 0 aromatic heterocycles. The van der Waals surface area contributed by atoms with Gasteiger partial charge in [0.05, 0.1) is 17.8 Å². The van der Waals surface area contributed by atoms with Crippen LogP contribution in [0.1, 0.15) is 74.7 Å². The van der Waals surface area contributed by atoms with Gasteiger partial charge in [-0.25, -0.2) is 0 Å². The number of hydrogen-bond donors (Lipinski definition) is 3. The van der Waals surface area contributed by atoms with Gasteiger partial charge >= 0.3 is 0 Å². The number of rotatable bonds is 3. The number of Topliss-reactive ketones (excluding diaryl/α,β-unsaturated/α-hetero) is 1. The van der Waals surface area contributed by atoms with E-state index in [4.69, 9.17) is 9.16 Å². The summed E-state index contributed by atoms with van der Waals surface area (Å²) in [5, 5.41) is 35.5. The van der Waals surface area contributed by atoms with E-state index in [2.05, 4.69) is 40.4 Å². The molecule has 1 aliphatic heterocycles. The van der Waals surface area contributed by atoms with Gasteiger partial charge in [0.1, 0.15) is 11.7 Å². The van der Waals surface area contributed by atoms with Crippen molar-refractivity contribution < 1.29 is 29.3 Å². The van der Waals surface area contributed by atoms with Crippen molar-refractivity contribution in [2.24, 2.45) is 16.7 Å². The van der Waals surface area contributed by atoms with Crippen molar-refractivity contribution >= 4 is 14.1 Å². The molecule has 2 aliphatic carbocycles. The summed E-state index contributed by atoms with van der Waals surface area (Å²) in [4.78, 5) is 13.9. The van der Waals surface area contributed by atoms with Crippen LogP contribution >= 0.6 is 0 Å². The zero-order chi connectivity index (χ0) is 25.6. The van der Waals surface area contributed by atoms with E-state index >= 15 is 0 Å². The highest BCUT2D eigenvalue weighted by molar-refractivity contribution is 6.74. The van der Waals surface area contributed by atoms with Crippen molar-refractivity contribution in [3.8, 4) is 0 Å². The zero-order valence-corrected chi connectivity index (χ0v) is 23.3. The van der Waals surface area contributed by atoms with E-state index in [1.54, 1.807) is 13.8 Å². The topological polar surface area (TPSA) is 96.2 Å². The maximum absolute atomic E-state index is 13.9.